The average molecular weight is 420 g/mol. The van der Waals surface area contributed by atoms with E-state index >= 15 is 0 Å². The Morgan fingerprint density at radius 3 is 2.58 bits per heavy atom. The van der Waals surface area contributed by atoms with Crippen molar-refractivity contribution < 1.29 is 14.3 Å². The highest BCUT2D eigenvalue weighted by atomic mass is 16.5. The van der Waals surface area contributed by atoms with Gasteiger partial charge in [-0.05, 0) is 37.1 Å². The number of ether oxygens (including phenoxy) is 1. The molecule has 2 amide bonds. The predicted octanol–water partition coefficient (Wildman–Crippen LogP) is 3.66. The minimum Gasteiger partial charge on any atom is -0.492 e. The van der Waals surface area contributed by atoms with Crippen LogP contribution in [0.5, 0.6) is 5.75 Å². The van der Waals surface area contributed by atoms with Gasteiger partial charge in [0, 0.05) is 24.0 Å². The summed E-state index contributed by atoms with van der Waals surface area (Å²) in [5.74, 6) is 0.424. The molecule has 162 valence electrons. The number of para-hydroxylation sites is 2. The zero-order valence-corrected chi connectivity index (χ0v) is 17.8. The summed E-state index contributed by atoms with van der Waals surface area (Å²) in [4.78, 5) is 25.8. The van der Waals surface area contributed by atoms with Crippen LogP contribution in [0.15, 0.2) is 60.7 Å². The molecule has 0 radical (unpaired) electrons. The number of hydrogen-bond donors (Lipinski definition) is 2. The van der Waals surface area contributed by atoms with E-state index < -0.39 is 0 Å². The Hall–Kier alpha value is -3.28. The fourth-order valence-corrected chi connectivity index (χ4v) is 4.36. The molecular weight excluding hydrogens is 390 g/mol. The highest BCUT2D eigenvalue weighted by Gasteiger charge is 2.32. The molecule has 6 heteroatoms. The molecule has 2 atom stereocenters. The number of fused-ring (bicyclic) bond motifs is 1. The van der Waals surface area contributed by atoms with Crippen molar-refractivity contribution in [1.82, 2.24) is 15.2 Å². The third-order valence-corrected chi connectivity index (χ3v) is 6.02. The van der Waals surface area contributed by atoms with Crippen molar-refractivity contribution in [3.63, 3.8) is 0 Å². The number of hydrogen-bond acceptors (Lipinski definition) is 3. The molecule has 0 bridgehead atoms. The fourth-order valence-electron chi connectivity index (χ4n) is 4.36. The third kappa shape index (κ3) is 4.90. The van der Waals surface area contributed by atoms with Crippen LogP contribution in [0.4, 0.5) is 0 Å². The zero-order chi connectivity index (χ0) is 21.6. The molecule has 1 fully saturated rings. The van der Waals surface area contributed by atoms with Crippen molar-refractivity contribution in [1.29, 1.82) is 0 Å². The summed E-state index contributed by atoms with van der Waals surface area (Å²) in [6.07, 6.45) is 3.61. The van der Waals surface area contributed by atoms with E-state index in [-0.39, 0.29) is 23.8 Å². The summed E-state index contributed by atoms with van der Waals surface area (Å²) >= 11 is 0. The molecule has 2 N–H and O–H groups in total. The first kappa shape index (κ1) is 21.0. The topological polar surface area (TPSA) is 72.4 Å². The summed E-state index contributed by atoms with van der Waals surface area (Å²) in [5.41, 5.74) is 1.63. The van der Waals surface area contributed by atoms with E-state index in [1.54, 1.807) is 0 Å². The molecule has 31 heavy (non-hydrogen) atoms. The summed E-state index contributed by atoms with van der Waals surface area (Å²) in [6.45, 7) is 0.851. The monoisotopic (exact) mass is 419 g/mol. The quantitative estimate of drug-likeness (QED) is 0.574. The number of aromatic nitrogens is 1. The van der Waals surface area contributed by atoms with Gasteiger partial charge in [-0.2, -0.15) is 0 Å². The number of aryl methyl sites for hydroxylation is 1. The van der Waals surface area contributed by atoms with Gasteiger partial charge in [-0.1, -0.05) is 49.2 Å². The van der Waals surface area contributed by atoms with E-state index in [4.69, 9.17) is 4.74 Å². The van der Waals surface area contributed by atoms with Crippen LogP contribution in [-0.2, 0) is 11.8 Å². The summed E-state index contributed by atoms with van der Waals surface area (Å²) < 4.78 is 7.55. The Bertz CT molecular complexity index is 1040. The number of carbonyl (C=O) groups excluding carboxylic acids is 2. The normalized spacial score (nSPS) is 18.5. The first-order chi connectivity index (χ1) is 15.1. The minimum absolute atomic E-state index is 0.0151. The molecule has 1 saturated carbocycles. The highest BCUT2D eigenvalue weighted by Crippen LogP contribution is 2.26. The number of benzene rings is 2. The molecular formula is C25H29N3O3. The van der Waals surface area contributed by atoms with E-state index in [0.717, 1.165) is 42.3 Å². The van der Waals surface area contributed by atoms with E-state index in [0.29, 0.717) is 18.8 Å². The molecule has 6 nitrogen and oxygen atoms in total. The maximum Gasteiger partial charge on any atom is 0.268 e. The van der Waals surface area contributed by atoms with E-state index in [9.17, 15) is 9.59 Å². The van der Waals surface area contributed by atoms with E-state index in [1.807, 2.05) is 72.3 Å². The van der Waals surface area contributed by atoms with Crippen LogP contribution in [0.1, 0.15) is 36.2 Å². The van der Waals surface area contributed by atoms with E-state index in [2.05, 4.69) is 10.6 Å². The standard InChI is InChI=1S/C25H29N3O3/c1-28-22-14-8-5-9-18(22)17-23(28)25(30)27-21-13-7-6-12-20(21)24(29)26-15-16-31-19-10-3-2-4-11-19/h2-5,8-11,14,17,20-21H,6-7,12-13,15-16H2,1H3,(H,26,29)(H,27,30)/t20-,21+/m1/s1. The Morgan fingerprint density at radius 1 is 1.03 bits per heavy atom. The van der Waals surface area contributed by atoms with Gasteiger partial charge in [0.05, 0.1) is 12.5 Å². The predicted molar refractivity (Wildman–Crippen MR) is 121 cm³/mol. The third-order valence-electron chi connectivity index (χ3n) is 6.02. The van der Waals surface area contributed by atoms with Gasteiger partial charge in [-0.15, -0.1) is 0 Å². The van der Waals surface area contributed by atoms with Crippen LogP contribution in [-0.4, -0.2) is 35.6 Å². The largest absolute Gasteiger partial charge is 0.492 e. The fraction of sp³-hybridized carbons (Fsp3) is 0.360. The lowest BCUT2D eigenvalue weighted by molar-refractivity contribution is -0.126. The van der Waals surface area contributed by atoms with Crippen molar-refractivity contribution in [2.24, 2.45) is 13.0 Å². The van der Waals surface area contributed by atoms with Crippen molar-refractivity contribution in [2.45, 2.75) is 31.7 Å². The van der Waals surface area contributed by atoms with Gasteiger partial charge in [0.2, 0.25) is 5.91 Å². The Balaban J connectivity index is 1.34. The minimum atomic E-state index is -0.218. The average Bonchev–Trinajstić information content (AvgIpc) is 3.14. The van der Waals surface area contributed by atoms with Gasteiger partial charge >= 0.3 is 0 Å². The summed E-state index contributed by atoms with van der Waals surface area (Å²) in [5, 5.41) is 7.14. The SMILES string of the molecule is Cn1c(C(=O)N[C@H]2CCCC[C@H]2C(=O)NCCOc2ccccc2)cc2ccccc21. The maximum absolute atomic E-state index is 13.0. The number of carbonyl (C=O) groups is 2. The highest BCUT2D eigenvalue weighted by molar-refractivity contribution is 5.99. The molecule has 0 unspecified atom stereocenters. The Morgan fingerprint density at radius 2 is 1.77 bits per heavy atom. The van der Waals surface area contributed by atoms with Gasteiger partial charge in [0.1, 0.15) is 18.1 Å². The van der Waals surface area contributed by atoms with Gasteiger partial charge in [0.25, 0.3) is 5.91 Å². The summed E-state index contributed by atoms with van der Waals surface area (Å²) in [7, 11) is 1.90. The molecule has 4 rings (SSSR count). The molecule has 0 saturated heterocycles. The van der Waals surface area contributed by atoms with Gasteiger partial charge in [-0.25, -0.2) is 0 Å². The molecule has 0 spiro atoms. The van der Waals surface area contributed by atoms with Crippen molar-refractivity contribution >= 4 is 22.7 Å². The molecule has 2 aromatic carbocycles. The lowest BCUT2D eigenvalue weighted by Gasteiger charge is -2.31. The van der Waals surface area contributed by atoms with Crippen LogP contribution >= 0.6 is 0 Å². The van der Waals surface area contributed by atoms with Crippen LogP contribution < -0.4 is 15.4 Å². The first-order valence-corrected chi connectivity index (χ1v) is 10.9. The van der Waals surface area contributed by atoms with Crippen LogP contribution in [0, 0.1) is 5.92 Å². The number of rotatable bonds is 7. The van der Waals surface area contributed by atoms with Crippen LogP contribution in [0.2, 0.25) is 0 Å². The van der Waals surface area contributed by atoms with E-state index in [1.165, 1.54) is 0 Å². The van der Waals surface area contributed by atoms with Gasteiger partial charge < -0.3 is 19.9 Å². The van der Waals surface area contributed by atoms with Gasteiger partial charge in [-0.3, -0.25) is 9.59 Å². The molecule has 0 aliphatic heterocycles. The molecule has 1 aliphatic carbocycles. The van der Waals surface area contributed by atoms with Crippen molar-refractivity contribution in [2.75, 3.05) is 13.2 Å². The second-order valence-corrected chi connectivity index (χ2v) is 8.07. The Labute approximate surface area is 182 Å². The van der Waals surface area contributed by atoms with Crippen molar-refractivity contribution in [3.05, 3.63) is 66.4 Å². The van der Waals surface area contributed by atoms with Crippen LogP contribution in [0.3, 0.4) is 0 Å². The lowest BCUT2D eigenvalue weighted by Crippen LogP contribution is -2.49. The number of nitrogens with zero attached hydrogens (tertiary/aromatic N) is 1. The lowest BCUT2D eigenvalue weighted by atomic mass is 9.83. The number of amides is 2. The molecule has 1 aliphatic rings. The first-order valence-electron chi connectivity index (χ1n) is 10.9. The molecule has 3 aromatic rings. The van der Waals surface area contributed by atoms with Crippen LogP contribution in [0.25, 0.3) is 10.9 Å². The second-order valence-electron chi connectivity index (χ2n) is 8.07. The smallest absolute Gasteiger partial charge is 0.268 e. The van der Waals surface area contributed by atoms with Gasteiger partial charge in [0.15, 0.2) is 0 Å². The second kappa shape index (κ2) is 9.69. The zero-order valence-electron chi connectivity index (χ0n) is 17.8. The number of nitrogens with one attached hydrogen (secondary N) is 2. The molecule has 1 heterocycles. The van der Waals surface area contributed by atoms with Crippen molar-refractivity contribution in [3.8, 4) is 5.75 Å². The Kier molecular flexibility index (Phi) is 6.55. The maximum atomic E-state index is 13.0. The summed E-state index contributed by atoms with van der Waals surface area (Å²) in [6, 6.07) is 19.2. The molecule has 1 aromatic heterocycles.